The number of rotatable bonds is 8. The molecular weight excluding hydrogens is 342 g/mol. The first-order chi connectivity index (χ1) is 12.4. The minimum absolute atomic E-state index is 0.0842. The molecule has 1 aliphatic rings. The molecule has 1 saturated heterocycles. The van der Waals surface area contributed by atoms with Crippen molar-refractivity contribution in [1.82, 2.24) is 15.1 Å². The molecule has 0 aliphatic carbocycles. The van der Waals surface area contributed by atoms with Crippen molar-refractivity contribution in [2.45, 2.75) is 13.3 Å². The molecule has 9 nitrogen and oxygen atoms in total. The number of hydrogen-bond acceptors (Lipinski definition) is 6. The molecule has 0 radical (unpaired) electrons. The number of methoxy groups -OCH3 is 2. The van der Waals surface area contributed by atoms with Crippen molar-refractivity contribution < 1.29 is 28.7 Å². The maximum absolute atomic E-state index is 12.0. The van der Waals surface area contributed by atoms with Gasteiger partial charge in [0.1, 0.15) is 6.54 Å². The SMILES string of the molecule is CCN1C(=O)C(=O)N(CC(=O)NCCc2ccc(OC)c(OC)c2)C1=O. The summed E-state index contributed by atoms with van der Waals surface area (Å²) in [7, 11) is 3.08. The summed E-state index contributed by atoms with van der Waals surface area (Å²) in [6.07, 6.45) is 0.522. The second kappa shape index (κ2) is 8.32. The normalized spacial score (nSPS) is 14.0. The van der Waals surface area contributed by atoms with Crippen LogP contribution >= 0.6 is 0 Å². The highest BCUT2D eigenvalue weighted by Gasteiger charge is 2.44. The van der Waals surface area contributed by atoms with E-state index in [9.17, 15) is 19.2 Å². The van der Waals surface area contributed by atoms with E-state index in [0.717, 1.165) is 10.5 Å². The van der Waals surface area contributed by atoms with E-state index in [1.165, 1.54) is 7.11 Å². The van der Waals surface area contributed by atoms with E-state index in [0.29, 0.717) is 29.4 Å². The molecular formula is C17H21N3O6. The largest absolute Gasteiger partial charge is 0.493 e. The number of hydrogen-bond donors (Lipinski definition) is 1. The van der Waals surface area contributed by atoms with Gasteiger partial charge in [0.15, 0.2) is 11.5 Å². The third-order valence-electron chi connectivity index (χ3n) is 3.94. The first-order valence-corrected chi connectivity index (χ1v) is 8.07. The number of likely N-dealkylation sites (N-methyl/N-ethyl adjacent to an activating group) is 1. The maximum atomic E-state index is 12.0. The Morgan fingerprint density at radius 1 is 1.04 bits per heavy atom. The molecule has 1 aromatic carbocycles. The number of carbonyl (C=O) groups excluding carboxylic acids is 4. The summed E-state index contributed by atoms with van der Waals surface area (Å²) in [6.45, 7) is 1.48. The van der Waals surface area contributed by atoms with E-state index < -0.39 is 30.3 Å². The summed E-state index contributed by atoms with van der Waals surface area (Å²) in [6, 6.07) is 4.65. The van der Waals surface area contributed by atoms with Gasteiger partial charge in [0.25, 0.3) is 0 Å². The number of nitrogens with zero attached hydrogens (tertiary/aromatic N) is 2. The topological polar surface area (TPSA) is 105 Å². The fourth-order valence-electron chi connectivity index (χ4n) is 2.55. The zero-order chi connectivity index (χ0) is 19.3. The zero-order valence-corrected chi connectivity index (χ0v) is 14.9. The Bertz CT molecular complexity index is 733. The monoisotopic (exact) mass is 363 g/mol. The van der Waals surface area contributed by atoms with Crippen LogP contribution < -0.4 is 14.8 Å². The Labute approximate surface area is 150 Å². The Morgan fingerprint density at radius 3 is 2.27 bits per heavy atom. The number of ether oxygens (including phenoxy) is 2. The summed E-state index contributed by atoms with van der Waals surface area (Å²) in [4.78, 5) is 48.7. The van der Waals surface area contributed by atoms with Gasteiger partial charge >= 0.3 is 17.8 Å². The average molecular weight is 363 g/mol. The van der Waals surface area contributed by atoms with Crippen molar-refractivity contribution in [3.8, 4) is 11.5 Å². The van der Waals surface area contributed by atoms with Crippen LogP contribution in [-0.2, 0) is 20.8 Å². The molecule has 1 aliphatic heterocycles. The van der Waals surface area contributed by atoms with Gasteiger partial charge in [-0.1, -0.05) is 6.07 Å². The van der Waals surface area contributed by atoms with Crippen LogP contribution in [-0.4, -0.2) is 67.4 Å². The molecule has 0 bridgehead atoms. The van der Waals surface area contributed by atoms with Crippen LogP contribution in [0.3, 0.4) is 0 Å². The van der Waals surface area contributed by atoms with Gasteiger partial charge in [0.2, 0.25) is 5.91 Å². The van der Waals surface area contributed by atoms with Gasteiger partial charge in [-0.2, -0.15) is 0 Å². The van der Waals surface area contributed by atoms with Crippen LogP contribution in [0, 0.1) is 0 Å². The van der Waals surface area contributed by atoms with Crippen LogP contribution in [0.1, 0.15) is 12.5 Å². The van der Waals surface area contributed by atoms with Crippen LogP contribution in [0.25, 0.3) is 0 Å². The molecule has 0 saturated carbocycles. The van der Waals surface area contributed by atoms with Crippen molar-refractivity contribution >= 4 is 23.8 Å². The van der Waals surface area contributed by atoms with E-state index in [1.807, 2.05) is 6.07 Å². The van der Waals surface area contributed by atoms with Gasteiger partial charge in [-0.05, 0) is 31.0 Å². The Hall–Kier alpha value is -3.10. The molecule has 0 spiro atoms. The van der Waals surface area contributed by atoms with Gasteiger partial charge in [0.05, 0.1) is 14.2 Å². The number of nitrogens with one attached hydrogen (secondary N) is 1. The summed E-state index contributed by atoms with van der Waals surface area (Å²) < 4.78 is 10.4. The smallest absolute Gasteiger partial charge is 0.334 e. The molecule has 5 amide bonds. The van der Waals surface area contributed by atoms with Gasteiger partial charge in [0, 0.05) is 13.1 Å². The summed E-state index contributed by atoms with van der Waals surface area (Å²) in [5.41, 5.74) is 0.920. The van der Waals surface area contributed by atoms with Gasteiger partial charge in [-0.25, -0.2) is 9.69 Å². The lowest BCUT2D eigenvalue weighted by Gasteiger charge is -2.14. The lowest BCUT2D eigenvalue weighted by atomic mass is 10.1. The highest BCUT2D eigenvalue weighted by molar-refractivity contribution is 6.45. The lowest BCUT2D eigenvalue weighted by molar-refractivity contribution is -0.143. The predicted octanol–water partition coefficient (Wildman–Crippen LogP) is 0.173. The number of benzene rings is 1. The van der Waals surface area contributed by atoms with Crippen LogP contribution in [0.15, 0.2) is 18.2 Å². The fraction of sp³-hybridized carbons (Fsp3) is 0.412. The molecule has 0 atom stereocenters. The number of imide groups is 2. The Morgan fingerprint density at radius 2 is 1.69 bits per heavy atom. The molecule has 0 unspecified atom stereocenters. The molecule has 26 heavy (non-hydrogen) atoms. The van der Waals surface area contributed by atoms with Crippen molar-refractivity contribution in [1.29, 1.82) is 0 Å². The van der Waals surface area contributed by atoms with Gasteiger partial charge < -0.3 is 14.8 Å². The molecule has 1 aromatic rings. The predicted molar refractivity (Wildman–Crippen MR) is 90.8 cm³/mol. The van der Waals surface area contributed by atoms with Crippen molar-refractivity contribution in [2.75, 3.05) is 33.9 Å². The molecule has 1 heterocycles. The molecule has 140 valence electrons. The summed E-state index contributed by atoms with van der Waals surface area (Å²) in [5.74, 6) is -1.21. The van der Waals surface area contributed by atoms with Crippen molar-refractivity contribution in [3.05, 3.63) is 23.8 Å². The second-order valence-electron chi connectivity index (χ2n) is 5.51. The van der Waals surface area contributed by atoms with Crippen molar-refractivity contribution in [2.24, 2.45) is 0 Å². The maximum Gasteiger partial charge on any atom is 0.334 e. The summed E-state index contributed by atoms with van der Waals surface area (Å²) in [5, 5.41) is 2.63. The van der Waals surface area contributed by atoms with Crippen LogP contribution in [0.2, 0.25) is 0 Å². The third kappa shape index (κ3) is 3.93. The molecule has 1 N–H and O–H groups in total. The zero-order valence-electron chi connectivity index (χ0n) is 14.9. The van der Waals surface area contributed by atoms with E-state index in [-0.39, 0.29) is 6.54 Å². The first-order valence-electron chi connectivity index (χ1n) is 8.07. The highest BCUT2D eigenvalue weighted by atomic mass is 16.5. The standard InChI is InChI=1S/C17H21N3O6/c1-4-19-15(22)16(23)20(17(19)24)10-14(21)18-8-7-11-5-6-12(25-2)13(9-11)26-3/h5-6,9H,4,7-8,10H2,1-3H3,(H,18,21). The number of carbonyl (C=O) groups is 4. The minimum atomic E-state index is -0.980. The first kappa shape index (κ1) is 19.2. The quantitative estimate of drug-likeness (QED) is 0.522. The van der Waals surface area contributed by atoms with E-state index >= 15 is 0 Å². The minimum Gasteiger partial charge on any atom is -0.493 e. The van der Waals surface area contributed by atoms with Crippen molar-refractivity contribution in [3.63, 3.8) is 0 Å². The number of urea groups is 1. The average Bonchev–Trinajstić information content (AvgIpc) is 2.84. The third-order valence-corrected chi connectivity index (χ3v) is 3.94. The van der Waals surface area contributed by atoms with Gasteiger partial charge in [-0.15, -0.1) is 0 Å². The molecule has 0 aromatic heterocycles. The lowest BCUT2D eigenvalue weighted by Crippen LogP contribution is -2.41. The second-order valence-corrected chi connectivity index (χ2v) is 5.51. The van der Waals surface area contributed by atoms with Gasteiger partial charge in [-0.3, -0.25) is 19.3 Å². The molecule has 2 rings (SSSR count). The van der Waals surface area contributed by atoms with E-state index in [2.05, 4.69) is 5.32 Å². The molecule has 9 heteroatoms. The van der Waals surface area contributed by atoms with E-state index in [4.69, 9.17) is 9.47 Å². The van der Waals surface area contributed by atoms with Crippen LogP contribution in [0.4, 0.5) is 4.79 Å². The number of amides is 5. The Balaban J connectivity index is 1.87. The molecule has 1 fully saturated rings. The highest BCUT2D eigenvalue weighted by Crippen LogP contribution is 2.27. The van der Waals surface area contributed by atoms with E-state index in [1.54, 1.807) is 26.2 Å². The fourth-order valence-corrected chi connectivity index (χ4v) is 2.55. The van der Waals surface area contributed by atoms with Crippen LogP contribution in [0.5, 0.6) is 11.5 Å². The Kier molecular flexibility index (Phi) is 6.16. The summed E-state index contributed by atoms with van der Waals surface area (Å²) >= 11 is 0.